The highest BCUT2D eigenvalue weighted by molar-refractivity contribution is 7.11. The van der Waals surface area contributed by atoms with Crippen molar-refractivity contribution in [1.29, 1.82) is 0 Å². The minimum absolute atomic E-state index is 0.660. The smallest absolute Gasteiger partial charge is 0.191 e. The summed E-state index contributed by atoms with van der Waals surface area (Å²) in [4.78, 5) is 10.3. The van der Waals surface area contributed by atoms with Gasteiger partial charge in [-0.1, -0.05) is 23.7 Å². The Hall–Kier alpha value is -1.59. The number of guanidine groups is 1. The molecular weight excluding hydrogens is 328 g/mol. The molecule has 4 nitrogen and oxygen atoms in total. The maximum Gasteiger partial charge on any atom is 0.191 e. The molecule has 0 aliphatic carbocycles. The molecular formula is C17H23ClN4S. The second-order valence-corrected chi connectivity index (χ2v) is 6.96. The van der Waals surface area contributed by atoms with Crippen LogP contribution in [0.2, 0.25) is 5.02 Å². The molecule has 0 saturated heterocycles. The summed E-state index contributed by atoms with van der Waals surface area (Å²) in [5.41, 5.74) is 2.33. The van der Waals surface area contributed by atoms with Crippen molar-refractivity contribution in [3.8, 4) is 0 Å². The number of thiazole rings is 1. The van der Waals surface area contributed by atoms with Crippen LogP contribution < -0.4 is 10.6 Å². The highest BCUT2D eigenvalue weighted by Gasteiger charge is 2.04. The van der Waals surface area contributed by atoms with E-state index in [-0.39, 0.29) is 0 Å². The van der Waals surface area contributed by atoms with E-state index in [0.717, 1.165) is 41.2 Å². The van der Waals surface area contributed by atoms with E-state index in [1.54, 1.807) is 11.3 Å². The number of benzene rings is 1. The zero-order valence-corrected chi connectivity index (χ0v) is 15.4. The third-order valence-electron chi connectivity index (χ3n) is 3.34. The molecule has 1 aromatic carbocycles. The number of aliphatic imine (C=N–C) groups is 1. The molecule has 2 N–H and O–H groups in total. The number of hydrogen-bond donors (Lipinski definition) is 2. The summed E-state index contributed by atoms with van der Waals surface area (Å²) < 4.78 is 0. The van der Waals surface area contributed by atoms with Gasteiger partial charge in [-0.15, -0.1) is 11.3 Å². The van der Waals surface area contributed by atoms with Crippen molar-refractivity contribution in [2.75, 3.05) is 13.1 Å². The molecule has 124 valence electrons. The second kappa shape index (κ2) is 8.89. The third-order valence-corrected chi connectivity index (χ3v) is 4.65. The molecule has 2 rings (SSSR count). The fraction of sp³-hybridized carbons (Fsp3) is 0.412. The lowest BCUT2D eigenvalue weighted by atomic mass is 10.1. The first-order valence-electron chi connectivity index (χ1n) is 7.78. The molecule has 0 radical (unpaired) electrons. The molecule has 1 heterocycles. The van der Waals surface area contributed by atoms with E-state index in [4.69, 9.17) is 11.6 Å². The van der Waals surface area contributed by atoms with E-state index in [2.05, 4.69) is 39.7 Å². The van der Waals surface area contributed by atoms with Gasteiger partial charge in [-0.3, -0.25) is 0 Å². The molecule has 0 fully saturated rings. The predicted molar refractivity (Wildman–Crippen MR) is 99.6 cm³/mol. The summed E-state index contributed by atoms with van der Waals surface area (Å²) in [6.45, 7) is 8.46. The van der Waals surface area contributed by atoms with Crippen LogP contribution in [0, 0.1) is 13.8 Å². The predicted octanol–water partition coefficient (Wildman–Crippen LogP) is 3.71. The Labute approximate surface area is 147 Å². The molecule has 0 atom stereocenters. The molecule has 0 unspecified atom stereocenters. The van der Waals surface area contributed by atoms with E-state index in [1.807, 2.05) is 26.0 Å². The van der Waals surface area contributed by atoms with Crippen LogP contribution >= 0.6 is 22.9 Å². The number of nitrogens with zero attached hydrogens (tertiary/aromatic N) is 2. The first kappa shape index (κ1) is 17.8. The maximum atomic E-state index is 5.90. The Morgan fingerprint density at radius 1 is 1.22 bits per heavy atom. The highest BCUT2D eigenvalue weighted by Crippen LogP contribution is 2.17. The normalized spacial score (nSPS) is 11.6. The van der Waals surface area contributed by atoms with Crippen LogP contribution in [0.1, 0.15) is 28.1 Å². The topological polar surface area (TPSA) is 49.3 Å². The first-order valence-corrected chi connectivity index (χ1v) is 8.97. The highest BCUT2D eigenvalue weighted by atomic mass is 35.5. The van der Waals surface area contributed by atoms with Crippen molar-refractivity contribution in [3.63, 3.8) is 0 Å². The van der Waals surface area contributed by atoms with Crippen molar-refractivity contribution in [2.45, 2.75) is 33.7 Å². The van der Waals surface area contributed by atoms with Crippen LogP contribution in [0.3, 0.4) is 0 Å². The average Bonchev–Trinajstić information content (AvgIpc) is 2.84. The van der Waals surface area contributed by atoms with Gasteiger partial charge in [-0.2, -0.15) is 0 Å². The number of rotatable bonds is 6. The molecule has 23 heavy (non-hydrogen) atoms. The van der Waals surface area contributed by atoms with Crippen molar-refractivity contribution in [2.24, 2.45) is 4.99 Å². The molecule has 2 aromatic rings. The number of hydrogen-bond acceptors (Lipinski definition) is 3. The number of aromatic nitrogens is 1. The molecule has 0 spiro atoms. The van der Waals surface area contributed by atoms with Gasteiger partial charge in [0.25, 0.3) is 0 Å². The van der Waals surface area contributed by atoms with E-state index in [0.29, 0.717) is 6.54 Å². The minimum Gasteiger partial charge on any atom is -0.357 e. The Kier molecular flexibility index (Phi) is 6.86. The van der Waals surface area contributed by atoms with Gasteiger partial charge >= 0.3 is 0 Å². The SMILES string of the molecule is CCNC(=NCc1sc(C)nc1C)NCCc1ccc(Cl)cc1. The van der Waals surface area contributed by atoms with Crippen LogP contribution in [-0.2, 0) is 13.0 Å². The Morgan fingerprint density at radius 3 is 2.57 bits per heavy atom. The lowest BCUT2D eigenvalue weighted by molar-refractivity contribution is 0.800. The van der Waals surface area contributed by atoms with Crippen LogP contribution in [0.4, 0.5) is 0 Å². The monoisotopic (exact) mass is 350 g/mol. The van der Waals surface area contributed by atoms with E-state index in [1.165, 1.54) is 10.4 Å². The summed E-state index contributed by atoms with van der Waals surface area (Å²) in [6, 6.07) is 7.95. The van der Waals surface area contributed by atoms with E-state index >= 15 is 0 Å². The van der Waals surface area contributed by atoms with Gasteiger partial charge in [0.2, 0.25) is 0 Å². The molecule has 1 aromatic heterocycles. The molecule has 6 heteroatoms. The van der Waals surface area contributed by atoms with E-state index in [9.17, 15) is 0 Å². The quantitative estimate of drug-likeness (QED) is 0.616. The first-order chi connectivity index (χ1) is 11.1. The molecule has 0 amide bonds. The number of aryl methyl sites for hydroxylation is 2. The summed E-state index contributed by atoms with van der Waals surface area (Å²) in [6.07, 6.45) is 0.931. The van der Waals surface area contributed by atoms with Gasteiger partial charge in [-0.25, -0.2) is 9.98 Å². The van der Waals surface area contributed by atoms with Crippen molar-refractivity contribution < 1.29 is 0 Å². The molecule has 0 bridgehead atoms. The van der Waals surface area contributed by atoms with Crippen molar-refractivity contribution in [3.05, 3.63) is 50.4 Å². The summed E-state index contributed by atoms with van der Waals surface area (Å²) in [5, 5.41) is 8.51. The standard InChI is InChI=1S/C17H23ClN4S/c1-4-19-17(21-11-16-12(2)22-13(3)23-16)20-10-9-14-5-7-15(18)8-6-14/h5-8H,4,9-11H2,1-3H3,(H2,19,20,21). The Morgan fingerprint density at radius 2 is 1.96 bits per heavy atom. The van der Waals surface area contributed by atoms with Gasteiger partial charge < -0.3 is 10.6 Å². The summed E-state index contributed by atoms with van der Waals surface area (Å²) in [5.74, 6) is 0.840. The van der Waals surface area contributed by atoms with Gasteiger partial charge in [0.05, 0.1) is 17.2 Å². The lowest BCUT2D eigenvalue weighted by Gasteiger charge is -2.11. The largest absolute Gasteiger partial charge is 0.357 e. The summed E-state index contributed by atoms with van der Waals surface area (Å²) >= 11 is 7.61. The fourth-order valence-electron chi connectivity index (χ4n) is 2.19. The maximum absolute atomic E-state index is 5.90. The van der Waals surface area contributed by atoms with Gasteiger partial charge in [0.1, 0.15) is 0 Å². The van der Waals surface area contributed by atoms with Gasteiger partial charge in [0.15, 0.2) is 5.96 Å². The fourth-order valence-corrected chi connectivity index (χ4v) is 3.18. The third kappa shape index (κ3) is 5.84. The Bertz CT molecular complexity index is 649. The van der Waals surface area contributed by atoms with E-state index < -0.39 is 0 Å². The van der Waals surface area contributed by atoms with Gasteiger partial charge in [0, 0.05) is 23.0 Å². The van der Waals surface area contributed by atoms with Crippen LogP contribution in [0.25, 0.3) is 0 Å². The van der Waals surface area contributed by atoms with Crippen molar-refractivity contribution in [1.82, 2.24) is 15.6 Å². The molecule has 0 aliphatic heterocycles. The average molecular weight is 351 g/mol. The Balaban J connectivity index is 1.88. The zero-order chi connectivity index (χ0) is 16.7. The van der Waals surface area contributed by atoms with Crippen LogP contribution in [0.5, 0.6) is 0 Å². The lowest BCUT2D eigenvalue weighted by Crippen LogP contribution is -2.38. The minimum atomic E-state index is 0.660. The van der Waals surface area contributed by atoms with Crippen LogP contribution in [0.15, 0.2) is 29.3 Å². The summed E-state index contributed by atoms with van der Waals surface area (Å²) in [7, 11) is 0. The van der Waals surface area contributed by atoms with Crippen molar-refractivity contribution >= 4 is 28.9 Å². The zero-order valence-electron chi connectivity index (χ0n) is 13.8. The van der Waals surface area contributed by atoms with Crippen LogP contribution in [-0.4, -0.2) is 24.0 Å². The second-order valence-electron chi connectivity index (χ2n) is 5.24. The number of nitrogens with one attached hydrogen (secondary N) is 2. The molecule has 0 aliphatic rings. The van der Waals surface area contributed by atoms with Gasteiger partial charge in [-0.05, 0) is 44.9 Å². The molecule has 0 saturated carbocycles. The number of halogens is 1.